The van der Waals surface area contributed by atoms with Crippen molar-refractivity contribution in [1.29, 1.82) is 0 Å². The first-order valence-corrected chi connectivity index (χ1v) is 4.95. The third-order valence-corrected chi connectivity index (χ3v) is 3.59. The maximum absolute atomic E-state index is 5.94. The predicted molar refractivity (Wildman–Crippen MR) is 51.0 cm³/mol. The van der Waals surface area contributed by atoms with Gasteiger partial charge >= 0.3 is 0 Å². The van der Waals surface area contributed by atoms with Crippen molar-refractivity contribution in [3.05, 3.63) is 0 Å². The molecule has 0 unspecified atom stereocenters. The highest BCUT2D eigenvalue weighted by Gasteiger charge is 2.56. The normalized spacial score (nSPS) is 42.5. The number of nitrogens with two attached hydrogens (primary N) is 1. The molecule has 1 saturated carbocycles. The van der Waals surface area contributed by atoms with Crippen LogP contribution >= 0.6 is 0 Å². The van der Waals surface area contributed by atoms with Gasteiger partial charge in [-0.25, -0.2) is 0 Å². The third kappa shape index (κ3) is 1.17. The molecule has 2 fully saturated rings. The van der Waals surface area contributed by atoms with Gasteiger partial charge in [-0.05, 0) is 40.2 Å². The van der Waals surface area contributed by atoms with Crippen LogP contribution in [0.15, 0.2) is 0 Å². The van der Waals surface area contributed by atoms with Crippen LogP contribution in [0.25, 0.3) is 0 Å². The van der Waals surface area contributed by atoms with E-state index in [-0.39, 0.29) is 0 Å². The van der Waals surface area contributed by atoms with Crippen molar-refractivity contribution in [3.63, 3.8) is 0 Å². The van der Waals surface area contributed by atoms with Crippen LogP contribution in [0.3, 0.4) is 0 Å². The summed E-state index contributed by atoms with van der Waals surface area (Å²) in [7, 11) is 0. The Morgan fingerprint density at radius 1 is 1.42 bits per heavy atom. The molecule has 1 aliphatic heterocycles. The van der Waals surface area contributed by atoms with E-state index in [1.807, 2.05) is 0 Å². The van der Waals surface area contributed by atoms with Gasteiger partial charge in [-0.3, -0.25) is 4.90 Å². The first kappa shape index (κ1) is 8.52. The predicted octanol–water partition coefficient (Wildman–Crippen LogP) is 1.21. The van der Waals surface area contributed by atoms with Gasteiger partial charge in [0, 0.05) is 23.5 Å². The summed E-state index contributed by atoms with van der Waals surface area (Å²) in [6, 6.07) is 0.504. The van der Waals surface area contributed by atoms with E-state index >= 15 is 0 Å². The van der Waals surface area contributed by atoms with Crippen LogP contribution in [0.2, 0.25) is 0 Å². The highest BCUT2D eigenvalue weighted by Crippen LogP contribution is 2.52. The maximum atomic E-state index is 5.94. The fourth-order valence-electron chi connectivity index (χ4n) is 2.32. The van der Waals surface area contributed by atoms with Crippen molar-refractivity contribution in [2.24, 2.45) is 11.1 Å². The van der Waals surface area contributed by atoms with Crippen LogP contribution in [0.1, 0.15) is 33.6 Å². The zero-order chi connectivity index (χ0) is 8.98. The van der Waals surface area contributed by atoms with Crippen molar-refractivity contribution < 1.29 is 0 Å². The van der Waals surface area contributed by atoms with E-state index in [2.05, 4.69) is 25.7 Å². The van der Waals surface area contributed by atoms with E-state index in [0.29, 0.717) is 17.0 Å². The molecule has 0 bridgehead atoms. The maximum Gasteiger partial charge on any atom is 0.0125 e. The Bertz CT molecular complexity index is 195. The van der Waals surface area contributed by atoms with E-state index in [1.54, 1.807) is 0 Å². The zero-order valence-electron chi connectivity index (χ0n) is 8.43. The number of hydrogen-bond acceptors (Lipinski definition) is 2. The molecule has 0 aromatic rings. The summed E-state index contributed by atoms with van der Waals surface area (Å²) in [6.45, 7) is 9.36. The lowest BCUT2D eigenvalue weighted by Crippen LogP contribution is -2.40. The van der Waals surface area contributed by atoms with Gasteiger partial charge in [0.2, 0.25) is 0 Å². The Hall–Kier alpha value is -0.0800. The molecule has 0 amide bonds. The molecule has 0 aromatic carbocycles. The minimum Gasteiger partial charge on any atom is -0.327 e. The number of rotatable bonds is 0. The molecular formula is C10H20N2. The molecule has 2 rings (SSSR count). The highest BCUT2D eigenvalue weighted by molar-refractivity contribution is 5.12. The van der Waals surface area contributed by atoms with Crippen LogP contribution in [0, 0.1) is 5.41 Å². The first-order valence-electron chi connectivity index (χ1n) is 4.95. The Balaban J connectivity index is 2.00. The summed E-state index contributed by atoms with van der Waals surface area (Å²) in [6.07, 6.45) is 2.59. The number of hydrogen-bond donors (Lipinski definition) is 1. The van der Waals surface area contributed by atoms with Gasteiger partial charge in [-0.15, -0.1) is 0 Å². The van der Waals surface area contributed by atoms with Gasteiger partial charge in [0.1, 0.15) is 0 Å². The fourth-order valence-corrected chi connectivity index (χ4v) is 2.32. The van der Waals surface area contributed by atoms with Gasteiger partial charge in [-0.2, -0.15) is 0 Å². The number of likely N-dealkylation sites (tertiary alicyclic amines) is 1. The van der Waals surface area contributed by atoms with Crippen LogP contribution in [0.4, 0.5) is 0 Å². The second kappa shape index (κ2) is 2.24. The first-order chi connectivity index (χ1) is 5.44. The van der Waals surface area contributed by atoms with Gasteiger partial charge in [-0.1, -0.05) is 0 Å². The van der Waals surface area contributed by atoms with Crippen LogP contribution < -0.4 is 5.73 Å². The number of nitrogens with zero attached hydrogens (tertiary/aromatic N) is 1. The van der Waals surface area contributed by atoms with E-state index in [4.69, 9.17) is 5.73 Å². The largest absolute Gasteiger partial charge is 0.327 e. The molecule has 2 heteroatoms. The van der Waals surface area contributed by atoms with Crippen LogP contribution in [0.5, 0.6) is 0 Å². The molecule has 1 heterocycles. The monoisotopic (exact) mass is 168 g/mol. The van der Waals surface area contributed by atoms with E-state index < -0.39 is 0 Å². The molecular weight excluding hydrogens is 148 g/mol. The summed E-state index contributed by atoms with van der Waals surface area (Å²) in [5, 5.41) is 0. The van der Waals surface area contributed by atoms with Crippen molar-refractivity contribution in [3.8, 4) is 0 Å². The van der Waals surface area contributed by atoms with Crippen molar-refractivity contribution in [1.82, 2.24) is 4.90 Å². The average Bonchev–Trinajstić information content (AvgIpc) is 2.43. The van der Waals surface area contributed by atoms with Crippen molar-refractivity contribution in [2.75, 3.05) is 13.1 Å². The molecule has 1 saturated heterocycles. The van der Waals surface area contributed by atoms with Gasteiger partial charge < -0.3 is 5.73 Å². The quantitative estimate of drug-likeness (QED) is 0.589. The molecule has 2 atom stereocenters. The summed E-state index contributed by atoms with van der Waals surface area (Å²) < 4.78 is 0. The fraction of sp³-hybridized carbons (Fsp3) is 1.00. The summed E-state index contributed by atoms with van der Waals surface area (Å²) in [4.78, 5) is 2.57. The van der Waals surface area contributed by atoms with Gasteiger partial charge in [0.25, 0.3) is 0 Å². The third-order valence-electron chi connectivity index (χ3n) is 3.59. The lowest BCUT2D eigenvalue weighted by atomic mass is 10.0. The Kier molecular flexibility index (Phi) is 1.59. The lowest BCUT2D eigenvalue weighted by Gasteiger charge is -2.31. The van der Waals surface area contributed by atoms with Gasteiger partial charge in [0.05, 0.1) is 0 Å². The summed E-state index contributed by atoms with van der Waals surface area (Å²) in [5.41, 5.74) is 6.82. The second-order valence-electron chi connectivity index (χ2n) is 5.52. The molecule has 70 valence electrons. The Labute approximate surface area is 75.1 Å². The summed E-state index contributed by atoms with van der Waals surface area (Å²) >= 11 is 0. The molecule has 2 aliphatic rings. The van der Waals surface area contributed by atoms with Gasteiger partial charge in [0.15, 0.2) is 0 Å². The summed E-state index contributed by atoms with van der Waals surface area (Å²) in [5.74, 6) is 0. The average molecular weight is 168 g/mol. The standard InChI is InChI=1S/C10H20N2/c1-9(2,3)12-5-4-10(7-12)6-8(10)11/h8H,4-7,11H2,1-3H3/t8-,10-/m1/s1. The van der Waals surface area contributed by atoms with Crippen molar-refractivity contribution in [2.45, 2.75) is 45.2 Å². The smallest absolute Gasteiger partial charge is 0.0125 e. The Morgan fingerprint density at radius 3 is 2.25 bits per heavy atom. The molecule has 0 aromatic heterocycles. The Morgan fingerprint density at radius 2 is 2.00 bits per heavy atom. The SMILES string of the molecule is CC(C)(C)N1CC[C@@]2(C[C@H]2N)C1. The minimum absolute atomic E-state index is 0.339. The van der Waals surface area contributed by atoms with Crippen LogP contribution in [-0.4, -0.2) is 29.6 Å². The molecule has 1 spiro atoms. The van der Waals surface area contributed by atoms with E-state index in [0.717, 1.165) is 0 Å². The lowest BCUT2D eigenvalue weighted by molar-refractivity contribution is 0.165. The molecule has 0 radical (unpaired) electrons. The second-order valence-corrected chi connectivity index (χ2v) is 5.52. The van der Waals surface area contributed by atoms with E-state index in [9.17, 15) is 0 Å². The van der Waals surface area contributed by atoms with Crippen LogP contribution in [-0.2, 0) is 0 Å². The zero-order valence-corrected chi connectivity index (χ0v) is 8.43. The molecule has 12 heavy (non-hydrogen) atoms. The molecule has 2 N–H and O–H groups in total. The van der Waals surface area contributed by atoms with E-state index in [1.165, 1.54) is 25.9 Å². The van der Waals surface area contributed by atoms with Crippen molar-refractivity contribution >= 4 is 0 Å². The topological polar surface area (TPSA) is 29.3 Å². The minimum atomic E-state index is 0.339. The highest BCUT2D eigenvalue weighted by atomic mass is 15.2. The molecule has 2 nitrogen and oxygen atoms in total. The molecule has 1 aliphatic carbocycles.